The van der Waals surface area contributed by atoms with Crippen molar-refractivity contribution in [1.82, 2.24) is 0 Å². The number of esters is 3. The number of unbranched alkanes of at least 4 members (excludes halogenated alkanes) is 43. The molecule has 76 heavy (non-hydrogen) atoms. The molecule has 0 aliphatic rings. The Morgan fingerprint density at radius 3 is 0.816 bits per heavy atom. The second kappa shape index (κ2) is 64.9. The number of ether oxygens (including phenoxy) is 3. The molecule has 0 saturated carbocycles. The smallest absolute Gasteiger partial charge is 0.306 e. The highest BCUT2D eigenvalue weighted by Crippen LogP contribution is 2.18. The van der Waals surface area contributed by atoms with Gasteiger partial charge in [0.2, 0.25) is 0 Å². The maximum Gasteiger partial charge on any atom is 0.306 e. The summed E-state index contributed by atoms with van der Waals surface area (Å²) in [6.07, 6.45) is 81.6. The minimum absolute atomic E-state index is 0.0783. The molecule has 0 bridgehead atoms. The molecule has 0 amide bonds. The molecule has 0 heterocycles. The van der Waals surface area contributed by atoms with Crippen LogP contribution in [0.3, 0.4) is 0 Å². The third kappa shape index (κ3) is 62.2. The lowest BCUT2D eigenvalue weighted by molar-refractivity contribution is -0.167. The molecule has 0 aliphatic carbocycles. The Morgan fingerprint density at radius 2 is 0.500 bits per heavy atom. The van der Waals surface area contributed by atoms with Crippen molar-refractivity contribution in [2.45, 2.75) is 367 Å². The van der Waals surface area contributed by atoms with Crippen LogP contribution >= 0.6 is 0 Å². The molecule has 0 aromatic carbocycles. The Labute approximate surface area is 473 Å². The van der Waals surface area contributed by atoms with Crippen LogP contribution < -0.4 is 0 Å². The highest BCUT2D eigenvalue weighted by atomic mass is 16.6. The number of rotatable bonds is 62. The first-order chi connectivity index (χ1) is 37.5. The Balaban J connectivity index is 4.04. The van der Waals surface area contributed by atoms with Gasteiger partial charge >= 0.3 is 17.9 Å². The summed E-state index contributed by atoms with van der Waals surface area (Å²) in [6, 6.07) is 0. The average molecular weight is 1070 g/mol. The molecule has 0 N–H and O–H groups in total. The number of carbonyl (C=O) groups is 3. The normalized spacial score (nSPS) is 12.3. The monoisotopic (exact) mass is 1060 g/mol. The predicted molar refractivity (Wildman–Crippen MR) is 330 cm³/mol. The Bertz CT molecular complexity index is 1310. The van der Waals surface area contributed by atoms with Crippen LogP contribution in [0.2, 0.25) is 0 Å². The molecule has 1 unspecified atom stereocenters. The van der Waals surface area contributed by atoms with Gasteiger partial charge in [0.25, 0.3) is 0 Å². The predicted octanol–water partition coefficient (Wildman–Crippen LogP) is 22.9. The molecular formula is C70H128O6. The minimum atomic E-state index is -0.782. The van der Waals surface area contributed by atoms with Gasteiger partial charge in [0.05, 0.1) is 0 Å². The van der Waals surface area contributed by atoms with Crippen molar-refractivity contribution in [2.75, 3.05) is 13.2 Å². The summed E-state index contributed by atoms with van der Waals surface area (Å²) in [5.74, 6) is -0.886. The van der Waals surface area contributed by atoms with E-state index in [9.17, 15) is 14.4 Å². The molecule has 444 valence electrons. The standard InChI is InChI=1S/C70H128O6/c1-4-7-10-13-16-19-22-24-26-27-28-29-30-31-32-33-34-35-36-37-38-39-40-41-42-43-45-46-48-51-54-57-60-63-69(72)75-66-67(65-74-68(71)62-59-56-53-50-21-18-15-12-9-6-3)76-70(73)64-61-58-55-52-49-47-44-25-23-20-17-14-11-8-5-2/h12,15,17,20,25,27-28,44,67H,4-11,13-14,16,18-19,21-24,26,29-43,45-66H2,1-3H3/b15-12-,20-17-,28-27-,44-25-. The van der Waals surface area contributed by atoms with Gasteiger partial charge in [-0.25, -0.2) is 0 Å². The minimum Gasteiger partial charge on any atom is -0.462 e. The summed E-state index contributed by atoms with van der Waals surface area (Å²) in [5, 5.41) is 0. The van der Waals surface area contributed by atoms with Crippen molar-refractivity contribution in [3.05, 3.63) is 48.6 Å². The maximum atomic E-state index is 12.8. The van der Waals surface area contributed by atoms with Crippen molar-refractivity contribution in [2.24, 2.45) is 0 Å². The first-order valence-electron chi connectivity index (χ1n) is 33.6. The lowest BCUT2D eigenvalue weighted by atomic mass is 10.0. The van der Waals surface area contributed by atoms with E-state index in [4.69, 9.17) is 14.2 Å². The van der Waals surface area contributed by atoms with Crippen molar-refractivity contribution >= 4 is 17.9 Å². The lowest BCUT2D eigenvalue weighted by Crippen LogP contribution is -2.30. The van der Waals surface area contributed by atoms with Crippen molar-refractivity contribution < 1.29 is 28.6 Å². The van der Waals surface area contributed by atoms with E-state index in [0.717, 1.165) is 96.3 Å². The lowest BCUT2D eigenvalue weighted by Gasteiger charge is -2.18. The van der Waals surface area contributed by atoms with Gasteiger partial charge in [-0.05, 0) is 96.3 Å². The highest BCUT2D eigenvalue weighted by molar-refractivity contribution is 5.71. The summed E-state index contributed by atoms with van der Waals surface area (Å²) < 4.78 is 16.9. The molecule has 0 aliphatic heterocycles. The quantitative estimate of drug-likeness (QED) is 0.0261. The average Bonchev–Trinajstić information content (AvgIpc) is 3.42. The summed E-state index contributed by atoms with van der Waals surface area (Å²) in [5.41, 5.74) is 0. The number of hydrogen-bond acceptors (Lipinski definition) is 6. The molecule has 0 aromatic rings. The van der Waals surface area contributed by atoms with E-state index in [1.807, 2.05) is 0 Å². The van der Waals surface area contributed by atoms with E-state index >= 15 is 0 Å². The summed E-state index contributed by atoms with van der Waals surface area (Å²) in [7, 11) is 0. The zero-order chi connectivity index (χ0) is 55.0. The number of carbonyl (C=O) groups excluding carboxylic acids is 3. The Morgan fingerprint density at radius 1 is 0.263 bits per heavy atom. The molecule has 6 heteroatoms. The van der Waals surface area contributed by atoms with Gasteiger partial charge in [0.15, 0.2) is 6.10 Å². The van der Waals surface area contributed by atoms with Gasteiger partial charge in [0.1, 0.15) is 13.2 Å². The zero-order valence-electron chi connectivity index (χ0n) is 51.0. The summed E-state index contributed by atoms with van der Waals surface area (Å²) in [6.45, 7) is 6.58. The third-order valence-corrected chi connectivity index (χ3v) is 15.0. The second-order valence-electron chi connectivity index (χ2n) is 22.7. The third-order valence-electron chi connectivity index (χ3n) is 15.0. The molecule has 0 spiro atoms. The van der Waals surface area contributed by atoms with E-state index in [-0.39, 0.29) is 31.1 Å². The Hall–Kier alpha value is -2.63. The molecule has 0 saturated heterocycles. The first kappa shape index (κ1) is 73.4. The van der Waals surface area contributed by atoms with Gasteiger partial charge in [-0.2, -0.15) is 0 Å². The van der Waals surface area contributed by atoms with Crippen LogP contribution in [0, 0.1) is 0 Å². The summed E-state index contributed by atoms with van der Waals surface area (Å²) >= 11 is 0. The van der Waals surface area contributed by atoms with Crippen LogP contribution in [-0.4, -0.2) is 37.2 Å². The molecule has 0 radical (unpaired) electrons. The largest absolute Gasteiger partial charge is 0.462 e. The van der Waals surface area contributed by atoms with Crippen LogP contribution in [0.4, 0.5) is 0 Å². The van der Waals surface area contributed by atoms with Crippen LogP contribution in [0.25, 0.3) is 0 Å². The molecular weight excluding hydrogens is 937 g/mol. The van der Waals surface area contributed by atoms with E-state index in [1.165, 1.54) is 225 Å². The topological polar surface area (TPSA) is 78.9 Å². The SMILES string of the molecule is CCC/C=C\CCCCCCCC(=O)OCC(COC(=O)CCCCCCCCCCCCCCCCCCCCCCC/C=C\CCCCCCCCCC)OC(=O)CCCCCCC/C=C\C/C=C\CCCCC. The zero-order valence-corrected chi connectivity index (χ0v) is 51.0. The van der Waals surface area contributed by atoms with E-state index < -0.39 is 6.10 Å². The first-order valence-corrected chi connectivity index (χ1v) is 33.6. The van der Waals surface area contributed by atoms with Gasteiger partial charge in [-0.15, -0.1) is 0 Å². The molecule has 1 atom stereocenters. The Kier molecular flexibility index (Phi) is 62.6. The molecule has 0 fully saturated rings. The van der Waals surface area contributed by atoms with Gasteiger partial charge < -0.3 is 14.2 Å². The molecule has 6 nitrogen and oxygen atoms in total. The fraction of sp³-hybridized carbons (Fsp3) is 0.843. The van der Waals surface area contributed by atoms with Crippen LogP contribution in [0.15, 0.2) is 48.6 Å². The molecule has 0 rings (SSSR count). The number of allylic oxidation sites excluding steroid dienone is 8. The highest BCUT2D eigenvalue weighted by Gasteiger charge is 2.19. The fourth-order valence-electron chi connectivity index (χ4n) is 9.94. The van der Waals surface area contributed by atoms with Crippen molar-refractivity contribution in [1.29, 1.82) is 0 Å². The van der Waals surface area contributed by atoms with E-state index in [0.29, 0.717) is 19.3 Å². The van der Waals surface area contributed by atoms with Crippen LogP contribution in [0.5, 0.6) is 0 Å². The van der Waals surface area contributed by atoms with Crippen molar-refractivity contribution in [3.8, 4) is 0 Å². The molecule has 0 aromatic heterocycles. The van der Waals surface area contributed by atoms with Gasteiger partial charge in [0, 0.05) is 19.3 Å². The van der Waals surface area contributed by atoms with Crippen LogP contribution in [-0.2, 0) is 28.6 Å². The van der Waals surface area contributed by atoms with Gasteiger partial charge in [-0.1, -0.05) is 294 Å². The maximum absolute atomic E-state index is 12.8. The second-order valence-corrected chi connectivity index (χ2v) is 22.7. The van der Waals surface area contributed by atoms with Crippen molar-refractivity contribution in [3.63, 3.8) is 0 Å². The van der Waals surface area contributed by atoms with Crippen LogP contribution in [0.1, 0.15) is 361 Å². The summed E-state index contributed by atoms with van der Waals surface area (Å²) in [4.78, 5) is 38.2. The number of hydrogen-bond donors (Lipinski definition) is 0. The van der Waals surface area contributed by atoms with Gasteiger partial charge in [-0.3, -0.25) is 14.4 Å². The van der Waals surface area contributed by atoms with E-state index in [2.05, 4.69) is 69.4 Å². The van der Waals surface area contributed by atoms with E-state index in [1.54, 1.807) is 0 Å². The fourth-order valence-corrected chi connectivity index (χ4v) is 9.94.